The average Bonchev–Trinajstić information content (AvgIpc) is 2.38. The zero-order valence-corrected chi connectivity index (χ0v) is 12.9. The molecule has 2 N–H and O–H groups in total. The van der Waals surface area contributed by atoms with Gasteiger partial charge in [0.05, 0.1) is 17.1 Å². The summed E-state index contributed by atoms with van der Waals surface area (Å²) < 4.78 is 0. The van der Waals surface area contributed by atoms with E-state index in [0.717, 1.165) is 6.42 Å². The number of rotatable bonds is 6. The van der Waals surface area contributed by atoms with E-state index in [0.29, 0.717) is 16.0 Å². The van der Waals surface area contributed by atoms with Gasteiger partial charge >= 0.3 is 0 Å². The van der Waals surface area contributed by atoms with Crippen molar-refractivity contribution >= 4 is 35.0 Å². The molecule has 0 aliphatic heterocycles. The standard InChI is InChI=1S/C14H17Cl2N2O2/c1-9(2)5-6-17-13(19)8-18-14(20)11-7-10(15)3-4-12(11)16/h3-4,6-7,9H,5,8H2,1-2H3,(H,17,19)(H,18,20). The summed E-state index contributed by atoms with van der Waals surface area (Å²) in [5, 5.41) is 5.80. The van der Waals surface area contributed by atoms with Gasteiger partial charge < -0.3 is 10.6 Å². The molecule has 0 spiro atoms. The molecule has 0 bridgehead atoms. The molecule has 0 atom stereocenters. The van der Waals surface area contributed by atoms with Crippen molar-refractivity contribution in [3.05, 3.63) is 40.4 Å². The van der Waals surface area contributed by atoms with Crippen LogP contribution in [0.4, 0.5) is 0 Å². The number of halogens is 2. The van der Waals surface area contributed by atoms with Crippen LogP contribution in [0, 0.1) is 12.5 Å². The summed E-state index contributed by atoms with van der Waals surface area (Å²) in [5.41, 5.74) is 0.248. The molecule has 0 unspecified atom stereocenters. The van der Waals surface area contributed by atoms with Crippen LogP contribution in [0.25, 0.3) is 0 Å². The van der Waals surface area contributed by atoms with E-state index in [2.05, 4.69) is 10.6 Å². The predicted molar refractivity (Wildman–Crippen MR) is 80.7 cm³/mol. The van der Waals surface area contributed by atoms with Gasteiger partial charge in [-0.25, -0.2) is 0 Å². The summed E-state index contributed by atoms with van der Waals surface area (Å²) in [5.74, 6) is -0.246. The van der Waals surface area contributed by atoms with Gasteiger partial charge in [0.1, 0.15) is 0 Å². The predicted octanol–water partition coefficient (Wildman–Crippen LogP) is 3.05. The highest BCUT2D eigenvalue weighted by Gasteiger charge is 2.12. The van der Waals surface area contributed by atoms with E-state index in [1.807, 2.05) is 13.8 Å². The van der Waals surface area contributed by atoms with Crippen molar-refractivity contribution in [1.82, 2.24) is 10.6 Å². The quantitative estimate of drug-likeness (QED) is 0.847. The van der Waals surface area contributed by atoms with E-state index in [4.69, 9.17) is 23.2 Å². The fourth-order valence-electron chi connectivity index (χ4n) is 1.39. The summed E-state index contributed by atoms with van der Waals surface area (Å²) in [6.07, 6.45) is 0.778. The van der Waals surface area contributed by atoms with Crippen LogP contribution < -0.4 is 10.6 Å². The highest BCUT2D eigenvalue weighted by Crippen LogP contribution is 2.20. The van der Waals surface area contributed by atoms with Crippen molar-refractivity contribution in [1.29, 1.82) is 0 Å². The zero-order valence-electron chi connectivity index (χ0n) is 11.4. The van der Waals surface area contributed by atoms with Gasteiger partial charge in [0, 0.05) is 11.6 Å². The van der Waals surface area contributed by atoms with E-state index >= 15 is 0 Å². The van der Waals surface area contributed by atoms with Crippen LogP contribution in [0.3, 0.4) is 0 Å². The number of carbonyl (C=O) groups is 2. The fraction of sp³-hybridized carbons (Fsp3) is 0.357. The van der Waals surface area contributed by atoms with Gasteiger partial charge in [-0.15, -0.1) is 0 Å². The molecule has 1 radical (unpaired) electrons. The molecular weight excluding hydrogens is 299 g/mol. The lowest BCUT2D eigenvalue weighted by Crippen LogP contribution is -2.36. The molecule has 0 aromatic heterocycles. The summed E-state index contributed by atoms with van der Waals surface area (Å²) in [4.78, 5) is 23.4. The van der Waals surface area contributed by atoms with Gasteiger partial charge in [-0.1, -0.05) is 37.0 Å². The molecule has 0 heterocycles. The minimum Gasteiger partial charge on any atom is -0.350 e. The van der Waals surface area contributed by atoms with Crippen LogP contribution in [-0.4, -0.2) is 18.4 Å². The van der Waals surface area contributed by atoms with E-state index in [1.165, 1.54) is 12.1 Å². The first-order valence-corrected chi connectivity index (χ1v) is 7.00. The van der Waals surface area contributed by atoms with Crippen LogP contribution >= 0.6 is 23.2 Å². The summed E-state index contributed by atoms with van der Waals surface area (Å²) in [7, 11) is 0. The van der Waals surface area contributed by atoms with E-state index < -0.39 is 5.91 Å². The number of carbonyl (C=O) groups excluding carboxylic acids is 2. The lowest BCUT2D eigenvalue weighted by Gasteiger charge is -2.08. The fourth-order valence-corrected chi connectivity index (χ4v) is 1.76. The van der Waals surface area contributed by atoms with E-state index in [-0.39, 0.29) is 18.0 Å². The van der Waals surface area contributed by atoms with Crippen molar-refractivity contribution in [2.75, 3.05) is 6.54 Å². The largest absolute Gasteiger partial charge is 0.350 e. The number of hydrogen-bond donors (Lipinski definition) is 2. The van der Waals surface area contributed by atoms with Crippen LogP contribution in [-0.2, 0) is 4.79 Å². The Bertz CT molecular complexity index is 490. The maximum Gasteiger partial charge on any atom is 0.253 e. The average molecular weight is 316 g/mol. The molecular formula is C14H17Cl2N2O2. The molecule has 20 heavy (non-hydrogen) atoms. The molecule has 0 aliphatic carbocycles. The summed E-state index contributed by atoms with van der Waals surface area (Å²) in [6.45, 7) is 5.67. The molecule has 1 aromatic rings. The van der Waals surface area contributed by atoms with Gasteiger partial charge in [0.25, 0.3) is 5.91 Å². The molecule has 0 saturated heterocycles. The third-order valence-corrected chi connectivity index (χ3v) is 3.00. The van der Waals surface area contributed by atoms with E-state index in [1.54, 1.807) is 12.6 Å². The molecule has 1 aromatic carbocycles. The molecule has 0 fully saturated rings. The smallest absolute Gasteiger partial charge is 0.253 e. The summed E-state index contributed by atoms with van der Waals surface area (Å²) in [6, 6.07) is 4.59. The van der Waals surface area contributed by atoms with Gasteiger partial charge in [0.15, 0.2) is 0 Å². The first-order valence-electron chi connectivity index (χ1n) is 6.24. The zero-order chi connectivity index (χ0) is 15.1. The van der Waals surface area contributed by atoms with Gasteiger partial charge in [-0.3, -0.25) is 9.59 Å². The maximum atomic E-state index is 11.9. The minimum atomic E-state index is -0.434. The molecule has 2 amide bonds. The second kappa shape index (κ2) is 8.12. The molecule has 0 saturated carbocycles. The SMILES string of the molecule is CC(C)C[CH]NC(=O)CNC(=O)c1cc(Cl)ccc1Cl. The van der Waals surface area contributed by atoms with Crippen LogP contribution in [0.15, 0.2) is 18.2 Å². The van der Waals surface area contributed by atoms with Crippen LogP contribution in [0.2, 0.25) is 10.0 Å². The number of hydrogen-bond acceptors (Lipinski definition) is 2. The van der Waals surface area contributed by atoms with Crippen LogP contribution in [0.5, 0.6) is 0 Å². The Kier molecular flexibility index (Phi) is 6.82. The monoisotopic (exact) mass is 315 g/mol. The maximum absolute atomic E-state index is 11.9. The topological polar surface area (TPSA) is 58.2 Å². The molecule has 6 heteroatoms. The third kappa shape index (κ3) is 5.80. The Morgan fingerprint density at radius 2 is 2.00 bits per heavy atom. The summed E-state index contributed by atoms with van der Waals surface area (Å²) >= 11 is 11.7. The Labute approximate surface area is 128 Å². The Morgan fingerprint density at radius 3 is 2.65 bits per heavy atom. The first kappa shape index (κ1) is 16.8. The lowest BCUT2D eigenvalue weighted by molar-refractivity contribution is -0.119. The molecule has 0 aliphatic rings. The highest BCUT2D eigenvalue weighted by atomic mass is 35.5. The number of amides is 2. The van der Waals surface area contributed by atoms with Gasteiger partial charge in [-0.05, 0) is 30.5 Å². The minimum absolute atomic E-state index is 0.115. The van der Waals surface area contributed by atoms with Gasteiger partial charge in [-0.2, -0.15) is 0 Å². The normalized spacial score (nSPS) is 10.4. The Hall–Kier alpha value is -1.26. The van der Waals surface area contributed by atoms with Crippen molar-refractivity contribution in [3.8, 4) is 0 Å². The molecule has 109 valence electrons. The highest BCUT2D eigenvalue weighted by molar-refractivity contribution is 6.35. The van der Waals surface area contributed by atoms with E-state index in [9.17, 15) is 9.59 Å². The second-order valence-corrected chi connectivity index (χ2v) is 5.55. The van der Waals surface area contributed by atoms with Crippen molar-refractivity contribution in [3.63, 3.8) is 0 Å². The van der Waals surface area contributed by atoms with Crippen LogP contribution in [0.1, 0.15) is 30.6 Å². The lowest BCUT2D eigenvalue weighted by atomic mass is 10.1. The molecule has 4 nitrogen and oxygen atoms in total. The number of benzene rings is 1. The number of nitrogens with one attached hydrogen (secondary N) is 2. The van der Waals surface area contributed by atoms with Crippen molar-refractivity contribution in [2.45, 2.75) is 20.3 Å². The first-order chi connectivity index (χ1) is 9.40. The third-order valence-electron chi connectivity index (χ3n) is 2.43. The second-order valence-electron chi connectivity index (χ2n) is 4.71. The van der Waals surface area contributed by atoms with Crippen molar-refractivity contribution < 1.29 is 9.59 Å². The molecule has 1 rings (SSSR count). The van der Waals surface area contributed by atoms with Gasteiger partial charge in [0.2, 0.25) is 5.91 Å². The Morgan fingerprint density at radius 1 is 1.30 bits per heavy atom. The van der Waals surface area contributed by atoms with Crippen molar-refractivity contribution in [2.24, 2.45) is 5.92 Å². The Balaban J connectivity index is 2.43.